The molecule has 11 nitrogen and oxygen atoms in total. The molecule has 0 saturated carbocycles. The number of hydrogen-bond acceptors (Lipinski definition) is 10. The Morgan fingerprint density at radius 1 is 1.39 bits per heavy atom. The van der Waals surface area contributed by atoms with Crippen molar-refractivity contribution in [2.75, 3.05) is 12.3 Å². The molecule has 4 rings (SSSR count). The summed E-state index contributed by atoms with van der Waals surface area (Å²) in [7, 11) is 0. The molecule has 1 fully saturated rings. The molecule has 2 aromatic rings. The van der Waals surface area contributed by atoms with Crippen molar-refractivity contribution in [3.8, 4) is 0 Å². The van der Waals surface area contributed by atoms with Crippen LogP contribution < -0.4 is 11.2 Å². The Morgan fingerprint density at radius 3 is 2.86 bits per heavy atom. The Kier molecular flexibility index (Phi) is 4.75. The van der Waals surface area contributed by atoms with E-state index in [2.05, 4.69) is 44.3 Å². The minimum absolute atomic E-state index is 0.117. The molecule has 1 aliphatic heterocycles. The number of hydrazone groups is 1. The van der Waals surface area contributed by atoms with Crippen LogP contribution in [0, 0.1) is 0 Å². The van der Waals surface area contributed by atoms with Gasteiger partial charge in [-0.1, -0.05) is 12.2 Å². The van der Waals surface area contributed by atoms with Crippen molar-refractivity contribution < 1.29 is 20.1 Å². The Morgan fingerprint density at radius 2 is 2.21 bits per heavy atom. The molecule has 2 aliphatic rings. The third kappa shape index (κ3) is 2.75. The summed E-state index contributed by atoms with van der Waals surface area (Å²) in [4.78, 5) is 13.3. The first-order valence-corrected chi connectivity index (χ1v) is 9.05. The summed E-state index contributed by atoms with van der Waals surface area (Å²) in [6.07, 6.45) is 4.34. The van der Waals surface area contributed by atoms with Crippen LogP contribution in [0.2, 0.25) is 0 Å². The van der Waals surface area contributed by atoms with Gasteiger partial charge in [0.05, 0.1) is 6.61 Å². The van der Waals surface area contributed by atoms with Crippen LogP contribution in [0.5, 0.6) is 0 Å². The lowest BCUT2D eigenvalue weighted by Gasteiger charge is -2.32. The summed E-state index contributed by atoms with van der Waals surface area (Å²) in [5.41, 5.74) is 9.36. The fraction of sp³-hybridized carbons (Fsp3) is 0.529. The number of nitrogens with zero attached hydrogens (tertiary/aromatic N) is 5. The smallest absolute Gasteiger partial charge is 0.270 e. The highest BCUT2D eigenvalue weighted by Gasteiger charge is 2.56. The number of imidazole rings is 1. The predicted molar refractivity (Wildman–Crippen MR) is 100 cm³/mol. The van der Waals surface area contributed by atoms with Crippen molar-refractivity contribution in [1.82, 2.24) is 24.9 Å². The van der Waals surface area contributed by atoms with E-state index in [1.165, 1.54) is 10.9 Å². The molecular weight excluding hydrogens is 366 g/mol. The number of aliphatic hydroxyl groups excluding tert-OH is 3. The Hall–Kier alpha value is -2.60. The molecule has 11 heteroatoms. The Labute approximate surface area is 160 Å². The number of anilines is 1. The van der Waals surface area contributed by atoms with Crippen LogP contribution in [0.3, 0.4) is 0 Å². The largest absolute Gasteiger partial charge is 0.394 e. The molecule has 28 heavy (non-hydrogen) atoms. The van der Waals surface area contributed by atoms with E-state index in [-0.39, 0.29) is 11.7 Å². The van der Waals surface area contributed by atoms with Gasteiger partial charge in [-0.2, -0.15) is 5.10 Å². The molecule has 0 amide bonds. The van der Waals surface area contributed by atoms with E-state index in [1.54, 1.807) is 0 Å². The van der Waals surface area contributed by atoms with Crippen molar-refractivity contribution >= 4 is 23.7 Å². The standard InChI is InChI=1S/C17H23N7O4/c1-19-23-17(13(27)12(26)10(7-25)28-17)24-8-20-11-14(18)21-15(22-16(11)24)9-5-3-2-4-6-9/h2-3,8-10,12-13,23,25-27H,1,4-7H2,(H2,18,21,22)/t9?,10-,12-,13-,17+/m1/s1. The Balaban J connectivity index is 1.86. The van der Waals surface area contributed by atoms with Crippen molar-refractivity contribution in [3.05, 3.63) is 24.3 Å². The molecule has 0 radical (unpaired) electrons. The fourth-order valence-electron chi connectivity index (χ4n) is 3.80. The van der Waals surface area contributed by atoms with Gasteiger partial charge in [0.15, 0.2) is 17.6 Å². The third-order valence-electron chi connectivity index (χ3n) is 5.29. The summed E-state index contributed by atoms with van der Waals surface area (Å²) >= 11 is 0. The van der Waals surface area contributed by atoms with E-state index in [1.807, 2.05) is 0 Å². The van der Waals surface area contributed by atoms with Gasteiger partial charge in [0, 0.05) is 12.6 Å². The SMILES string of the molecule is C=NN[C@@]1(n2cnc3c(N)nc(C4CC=CCC4)nc32)O[C@H](CO)[C@@H](O)[C@H]1O. The molecule has 0 aromatic carbocycles. The molecule has 3 heterocycles. The molecule has 6 N–H and O–H groups in total. The summed E-state index contributed by atoms with van der Waals surface area (Å²) in [5.74, 6) is -0.855. The van der Waals surface area contributed by atoms with Gasteiger partial charge in [-0.15, -0.1) is 0 Å². The molecule has 1 saturated heterocycles. The van der Waals surface area contributed by atoms with Crippen LogP contribution in [0.1, 0.15) is 31.0 Å². The fourth-order valence-corrected chi connectivity index (χ4v) is 3.80. The molecule has 0 bridgehead atoms. The maximum absolute atomic E-state index is 10.7. The van der Waals surface area contributed by atoms with E-state index >= 15 is 0 Å². The quantitative estimate of drug-likeness (QED) is 0.249. The Bertz CT molecular complexity index is 916. The number of ether oxygens (including phenoxy) is 1. The second-order valence-corrected chi connectivity index (χ2v) is 6.98. The van der Waals surface area contributed by atoms with Gasteiger partial charge < -0.3 is 25.8 Å². The average molecular weight is 389 g/mol. The number of hydrogen-bond donors (Lipinski definition) is 5. The van der Waals surface area contributed by atoms with Gasteiger partial charge >= 0.3 is 0 Å². The number of aliphatic hydroxyl groups is 3. The first-order chi connectivity index (χ1) is 13.5. The van der Waals surface area contributed by atoms with Crippen molar-refractivity contribution in [2.45, 2.75) is 49.3 Å². The number of nitrogen functional groups attached to an aromatic ring is 1. The average Bonchev–Trinajstić information content (AvgIpc) is 3.25. The monoisotopic (exact) mass is 389 g/mol. The van der Waals surface area contributed by atoms with Gasteiger partial charge in [0.25, 0.3) is 5.85 Å². The maximum atomic E-state index is 10.7. The van der Waals surface area contributed by atoms with Crippen LogP contribution in [0.25, 0.3) is 11.2 Å². The molecule has 2 aromatic heterocycles. The number of nitrogens with one attached hydrogen (secondary N) is 1. The highest BCUT2D eigenvalue weighted by molar-refractivity contribution is 5.81. The lowest BCUT2D eigenvalue weighted by Crippen LogP contribution is -2.54. The van der Waals surface area contributed by atoms with Crippen LogP contribution >= 0.6 is 0 Å². The first-order valence-electron chi connectivity index (χ1n) is 9.05. The van der Waals surface area contributed by atoms with Crippen LogP contribution in [0.4, 0.5) is 5.82 Å². The normalized spacial score (nSPS) is 32.7. The number of nitrogens with two attached hydrogens (primary N) is 1. The van der Waals surface area contributed by atoms with E-state index in [0.717, 1.165) is 19.3 Å². The number of allylic oxidation sites excluding steroid dienone is 2. The molecule has 0 spiro atoms. The van der Waals surface area contributed by atoms with Crippen molar-refractivity contribution in [2.24, 2.45) is 5.10 Å². The van der Waals surface area contributed by atoms with E-state index < -0.39 is 30.8 Å². The minimum Gasteiger partial charge on any atom is -0.394 e. The molecular formula is C17H23N7O4. The topological polar surface area (TPSA) is 164 Å². The van der Waals surface area contributed by atoms with Crippen molar-refractivity contribution in [1.29, 1.82) is 0 Å². The predicted octanol–water partition coefficient (Wildman–Crippen LogP) is -0.839. The van der Waals surface area contributed by atoms with Gasteiger partial charge in [0.1, 0.15) is 29.9 Å². The zero-order valence-corrected chi connectivity index (χ0v) is 15.1. The van der Waals surface area contributed by atoms with Crippen LogP contribution in [0.15, 0.2) is 23.6 Å². The van der Waals surface area contributed by atoms with Gasteiger partial charge in [-0.25, -0.2) is 15.0 Å². The molecule has 1 unspecified atom stereocenters. The van der Waals surface area contributed by atoms with Gasteiger partial charge in [-0.05, 0) is 19.3 Å². The van der Waals surface area contributed by atoms with Crippen molar-refractivity contribution in [3.63, 3.8) is 0 Å². The first kappa shape index (κ1) is 18.7. The molecule has 5 atom stereocenters. The second kappa shape index (κ2) is 7.09. The highest BCUT2D eigenvalue weighted by Crippen LogP contribution is 2.37. The zero-order valence-electron chi connectivity index (χ0n) is 15.1. The molecule has 150 valence electrons. The maximum Gasteiger partial charge on any atom is 0.270 e. The highest BCUT2D eigenvalue weighted by atomic mass is 16.6. The zero-order chi connectivity index (χ0) is 19.9. The van der Waals surface area contributed by atoms with Gasteiger partial charge in [0.2, 0.25) is 0 Å². The summed E-state index contributed by atoms with van der Waals surface area (Å²) in [5, 5.41) is 34.1. The van der Waals surface area contributed by atoms with Crippen LogP contribution in [-0.4, -0.2) is 66.5 Å². The summed E-state index contributed by atoms with van der Waals surface area (Å²) < 4.78 is 7.16. The van der Waals surface area contributed by atoms with Gasteiger partial charge in [-0.3, -0.25) is 9.99 Å². The number of aromatic nitrogens is 4. The number of rotatable bonds is 5. The summed E-state index contributed by atoms with van der Waals surface area (Å²) in [6.45, 7) is 2.89. The van der Waals surface area contributed by atoms with Crippen LogP contribution in [-0.2, 0) is 10.6 Å². The summed E-state index contributed by atoms with van der Waals surface area (Å²) in [6, 6.07) is 0. The van der Waals surface area contributed by atoms with E-state index in [4.69, 9.17) is 10.5 Å². The third-order valence-corrected chi connectivity index (χ3v) is 5.29. The second-order valence-electron chi connectivity index (χ2n) is 6.98. The minimum atomic E-state index is -1.76. The number of fused-ring (bicyclic) bond motifs is 1. The lowest BCUT2D eigenvalue weighted by molar-refractivity contribution is -0.167. The van der Waals surface area contributed by atoms with E-state index in [9.17, 15) is 15.3 Å². The molecule has 1 aliphatic carbocycles. The lowest BCUT2D eigenvalue weighted by atomic mass is 9.94. The van der Waals surface area contributed by atoms with E-state index in [0.29, 0.717) is 17.0 Å².